The van der Waals surface area contributed by atoms with Gasteiger partial charge in [0.25, 0.3) is 0 Å². The summed E-state index contributed by atoms with van der Waals surface area (Å²) in [6.07, 6.45) is -0.719. The van der Waals surface area contributed by atoms with Crippen molar-refractivity contribution < 1.29 is 29.0 Å². The fourth-order valence-electron chi connectivity index (χ4n) is 2.93. The number of rotatable bonds is 5. The standard InChI is InChI=1S/C22H33NO6/c1-20(2,3)28-18(26)14-10-12-15(13-11-14)22(7,8)16(17(24)25)23(9)19(27)29-21(4,5)6/h10-13,16H,1-9H3,(H,24,25)/t16-/m1/s1. The number of carboxylic acid groups (broad SMARTS) is 1. The van der Waals surface area contributed by atoms with Gasteiger partial charge >= 0.3 is 18.0 Å². The second-order valence-corrected chi connectivity index (χ2v) is 9.63. The Morgan fingerprint density at radius 1 is 0.862 bits per heavy atom. The van der Waals surface area contributed by atoms with Crippen molar-refractivity contribution >= 4 is 18.0 Å². The first kappa shape index (κ1) is 24.5. The van der Waals surface area contributed by atoms with E-state index in [4.69, 9.17) is 9.47 Å². The lowest BCUT2D eigenvalue weighted by Crippen LogP contribution is -2.54. The van der Waals surface area contributed by atoms with Crippen LogP contribution in [0.3, 0.4) is 0 Å². The summed E-state index contributed by atoms with van der Waals surface area (Å²) in [6, 6.07) is 5.37. The molecule has 1 aromatic carbocycles. The van der Waals surface area contributed by atoms with Crippen LogP contribution in [0.15, 0.2) is 24.3 Å². The summed E-state index contributed by atoms with van der Waals surface area (Å²) in [5.74, 6) is -1.61. The Hall–Kier alpha value is -2.57. The Labute approximate surface area is 173 Å². The number of hydrogen-bond acceptors (Lipinski definition) is 5. The van der Waals surface area contributed by atoms with Crippen molar-refractivity contribution in [3.05, 3.63) is 35.4 Å². The number of nitrogens with zero attached hydrogens (tertiary/aromatic N) is 1. The Morgan fingerprint density at radius 2 is 1.31 bits per heavy atom. The second-order valence-electron chi connectivity index (χ2n) is 9.63. The lowest BCUT2D eigenvalue weighted by atomic mass is 9.77. The number of likely N-dealkylation sites (N-methyl/N-ethyl adjacent to an activating group) is 1. The summed E-state index contributed by atoms with van der Waals surface area (Å²) < 4.78 is 10.7. The zero-order valence-corrected chi connectivity index (χ0v) is 18.8. The van der Waals surface area contributed by atoms with Crippen molar-refractivity contribution in [1.82, 2.24) is 4.90 Å². The van der Waals surface area contributed by atoms with Gasteiger partial charge in [-0.15, -0.1) is 0 Å². The van der Waals surface area contributed by atoms with Gasteiger partial charge in [-0.2, -0.15) is 0 Å². The molecule has 162 valence electrons. The average molecular weight is 408 g/mol. The Bertz CT molecular complexity index is 753. The average Bonchev–Trinajstić information content (AvgIpc) is 2.51. The molecule has 1 atom stereocenters. The fraction of sp³-hybridized carbons (Fsp3) is 0.591. The molecule has 7 nitrogen and oxygen atoms in total. The number of carboxylic acids is 1. The second kappa shape index (κ2) is 8.43. The van der Waals surface area contributed by atoms with Gasteiger partial charge in [0.2, 0.25) is 0 Å². The number of ether oxygens (including phenoxy) is 2. The van der Waals surface area contributed by atoms with E-state index < -0.39 is 40.7 Å². The van der Waals surface area contributed by atoms with Crippen molar-refractivity contribution in [3.63, 3.8) is 0 Å². The Morgan fingerprint density at radius 3 is 1.69 bits per heavy atom. The third-order valence-electron chi connectivity index (χ3n) is 4.25. The molecule has 0 aromatic heterocycles. The Kier molecular flexibility index (Phi) is 7.11. The van der Waals surface area contributed by atoms with Crippen LogP contribution in [0.25, 0.3) is 0 Å². The maximum absolute atomic E-state index is 12.4. The zero-order chi connectivity index (χ0) is 22.8. The third kappa shape index (κ3) is 6.76. The van der Waals surface area contributed by atoms with E-state index in [0.717, 1.165) is 4.90 Å². The highest BCUT2D eigenvalue weighted by molar-refractivity contribution is 5.89. The van der Waals surface area contributed by atoms with E-state index >= 15 is 0 Å². The molecule has 0 aliphatic carbocycles. The first-order valence-electron chi connectivity index (χ1n) is 9.48. The number of carbonyl (C=O) groups is 3. The fourth-order valence-corrected chi connectivity index (χ4v) is 2.93. The lowest BCUT2D eigenvalue weighted by molar-refractivity contribution is -0.145. The van der Waals surface area contributed by atoms with E-state index in [1.807, 2.05) is 0 Å². The molecule has 1 rings (SSSR count). The van der Waals surface area contributed by atoms with Gasteiger partial charge < -0.3 is 14.6 Å². The van der Waals surface area contributed by atoms with Crippen LogP contribution in [0.4, 0.5) is 4.79 Å². The summed E-state index contributed by atoms with van der Waals surface area (Å²) in [7, 11) is 1.41. The van der Waals surface area contributed by atoms with Crippen molar-refractivity contribution in [1.29, 1.82) is 0 Å². The molecule has 0 bridgehead atoms. The van der Waals surface area contributed by atoms with Crippen molar-refractivity contribution in [3.8, 4) is 0 Å². The molecular formula is C22H33NO6. The molecule has 7 heteroatoms. The highest BCUT2D eigenvalue weighted by atomic mass is 16.6. The number of esters is 1. The van der Waals surface area contributed by atoms with Crippen LogP contribution in [0, 0.1) is 0 Å². The van der Waals surface area contributed by atoms with E-state index in [1.54, 1.807) is 79.7 Å². The van der Waals surface area contributed by atoms with Gasteiger partial charge in [0, 0.05) is 12.5 Å². The molecule has 0 saturated heterocycles. The van der Waals surface area contributed by atoms with E-state index in [0.29, 0.717) is 11.1 Å². The highest BCUT2D eigenvalue weighted by Gasteiger charge is 2.43. The van der Waals surface area contributed by atoms with Crippen LogP contribution in [0.1, 0.15) is 71.3 Å². The number of carbonyl (C=O) groups excluding carboxylic acids is 2. The number of benzene rings is 1. The molecule has 0 aliphatic rings. The number of hydrogen-bond donors (Lipinski definition) is 1. The first-order chi connectivity index (χ1) is 13.0. The summed E-state index contributed by atoms with van der Waals surface area (Å²) in [6.45, 7) is 14.0. The van der Waals surface area contributed by atoms with Gasteiger partial charge in [-0.1, -0.05) is 26.0 Å². The maximum atomic E-state index is 12.4. The van der Waals surface area contributed by atoms with Gasteiger partial charge in [-0.25, -0.2) is 14.4 Å². The largest absolute Gasteiger partial charge is 0.480 e. The number of amides is 1. The highest BCUT2D eigenvalue weighted by Crippen LogP contribution is 2.31. The topological polar surface area (TPSA) is 93.1 Å². The summed E-state index contributed by atoms with van der Waals surface area (Å²) in [5.41, 5.74) is -1.28. The molecule has 0 fully saturated rings. The molecule has 0 heterocycles. The van der Waals surface area contributed by atoms with Gasteiger partial charge in [-0.05, 0) is 59.2 Å². The van der Waals surface area contributed by atoms with Gasteiger partial charge in [-0.3, -0.25) is 4.90 Å². The normalized spacial score (nSPS) is 13.4. The zero-order valence-electron chi connectivity index (χ0n) is 18.8. The van der Waals surface area contributed by atoms with Crippen molar-refractivity contribution in [2.75, 3.05) is 7.05 Å². The predicted octanol–water partition coefficient (Wildman–Crippen LogP) is 4.24. The minimum Gasteiger partial charge on any atom is -0.480 e. The molecular weight excluding hydrogens is 374 g/mol. The summed E-state index contributed by atoms with van der Waals surface area (Å²) in [4.78, 5) is 37.8. The molecule has 1 N–H and O–H groups in total. The monoisotopic (exact) mass is 407 g/mol. The van der Waals surface area contributed by atoms with Crippen LogP contribution in [0.2, 0.25) is 0 Å². The molecule has 0 saturated carbocycles. The molecule has 0 aliphatic heterocycles. The minimum atomic E-state index is -1.18. The van der Waals surface area contributed by atoms with Gasteiger partial charge in [0.05, 0.1) is 5.56 Å². The third-order valence-corrected chi connectivity index (χ3v) is 4.25. The molecule has 1 aromatic rings. The van der Waals surface area contributed by atoms with Crippen LogP contribution in [0.5, 0.6) is 0 Å². The molecule has 0 spiro atoms. The van der Waals surface area contributed by atoms with Crippen LogP contribution >= 0.6 is 0 Å². The Balaban J connectivity index is 3.17. The lowest BCUT2D eigenvalue weighted by Gasteiger charge is -2.38. The first-order valence-corrected chi connectivity index (χ1v) is 9.48. The van der Waals surface area contributed by atoms with Crippen LogP contribution < -0.4 is 0 Å². The minimum absolute atomic E-state index is 0.367. The van der Waals surface area contributed by atoms with E-state index in [-0.39, 0.29) is 0 Å². The van der Waals surface area contributed by atoms with E-state index in [9.17, 15) is 19.5 Å². The quantitative estimate of drug-likeness (QED) is 0.734. The summed E-state index contributed by atoms with van der Waals surface area (Å²) >= 11 is 0. The van der Waals surface area contributed by atoms with E-state index in [2.05, 4.69) is 0 Å². The SMILES string of the molecule is CN(C(=O)OC(C)(C)C)[C@H](C(=O)O)C(C)(C)c1ccc(C(=O)OC(C)(C)C)cc1. The molecule has 0 radical (unpaired) electrons. The predicted molar refractivity (Wildman–Crippen MR) is 110 cm³/mol. The van der Waals surface area contributed by atoms with Gasteiger partial charge in [0.1, 0.15) is 17.2 Å². The molecule has 1 amide bonds. The number of aliphatic carboxylic acids is 1. The summed E-state index contributed by atoms with van der Waals surface area (Å²) in [5, 5.41) is 9.83. The smallest absolute Gasteiger partial charge is 0.410 e. The van der Waals surface area contributed by atoms with Crippen molar-refractivity contribution in [2.24, 2.45) is 0 Å². The van der Waals surface area contributed by atoms with Gasteiger partial charge in [0.15, 0.2) is 0 Å². The van der Waals surface area contributed by atoms with Crippen LogP contribution in [-0.4, -0.2) is 52.3 Å². The van der Waals surface area contributed by atoms with Crippen LogP contribution in [-0.2, 0) is 19.7 Å². The maximum Gasteiger partial charge on any atom is 0.410 e. The van der Waals surface area contributed by atoms with E-state index in [1.165, 1.54) is 7.05 Å². The van der Waals surface area contributed by atoms with Crippen molar-refractivity contribution in [2.45, 2.75) is 78.0 Å². The molecule has 0 unspecified atom stereocenters. The molecule has 29 heavy (non-hydrogen) atoms.